The number of primary amides is 1. The average molecular weight is 1820 g/mol. The van der Waals surface area contributed by atoms with Crippen molar-refractivity contribution in [2.24, 2.45) is 11.7 Å². The number of fused-ring (bicyclic) bond motifs is 1. The van der Waals surface area contributed by atoms with Gasteiger partial charge in [0.1, 0.15) is 67.3 Å². The number of hydrogen-bond acceptors (Lipinski definition) is 22. The monoisotopic (exact) mass is 1820 g/mol. The SMILES string of the molecule is CCCC[C@H](NC(=O)[C@H](Cc1c[nH]c2ccccc12)NC(=O)CNC(=O)[C@H](CC(C)C)NC(=O)[C@H](Cc1ccc(OS(=O)(=O)O)cc1)NC(=O)[C@H](CC(=O)O)NC(=O)COCCOCCNC(=O)COCCOCCNC(=O)CC[C@H](NC(=O)CCCCCCCCCCCCCCCCC(=O)O)C(=O)O)C(=O)N1CCC[C@@H]1C(=O)N(C)[C@@H](Cc1ccccc1)C(N)=O. The van der Waals surface area contributed by atoms with E-state index in [0.29, 0.717) is 42.1 Å². The second-order valence-corrected chi connectivity index (χ2v) is 33.1. The van der Waals surface area contributed by atoms with Crippen LogP contribution < -0.4 is 57.8 Å². The molecule has 1 aliphatic rings. The number of unbranched alkanes of at least 4 members (excludes halogenated alkanes) is 14. The van der Waals surface area contributed by atoms with Gasteiger partial charge in [-0.3, -0.25) is 71.7 Å². The van der Waals surface area contributed by atoms with Crippen LogP contribution in [0.2, 0.25) is 0 Å². The summed E-state index contributed by atoms with van der Waals surface area (Å²) in [4.78, 5) is 205. The fourth-order valence-corrected chi connectivity index (χ4v) is 14.7. The first-order valence-corrected chi connectivity index (χ1v) is 45.4. The Balaban J connectivity index is 1.06. The number of nitrogens with zero attached hydrogens (tertiary/aromatic N) is 2. The number of aromatic nitrogens is 1. The molecular formula is C88H131N13O26S. The first kappa shape index (κ1) is 107. The predicted molar refractivity (Wildman–Crippen MR) is 468 cm³/mol. The maximum atomic E-state index is 14.8. The highest BCUT2D eigenvalue weighted by Gasteiger charge is 2.42. The molecule has 3 aromatic carbocycles. The first-order chi connectivity index (χ1) is 61.2. The molecular weight excluding hydrogens is 1690 g/mol. The van der Waals surface area contributed by atoms with Gasteiger partial charge in [0.15, 0.2) is 0 Å². The quantitative estimate of drug-likeness (QED) is 0.0220. The molecule has 710 valence electrons. The molecule has 16 N–H and O–H groups in total. The van der Waals surface area contributed by atoms with Crippen LogP contribution in [0.3, 0.4) is 0 Å². The van der Waals surface area contributed by atoms with Gasteiger partial charge < -0.3 is 107 Å². The van der Waals surface area contributed by atoms with E-state index in [0.717, 1.165) is 75.5 Å². The number of nitrogens with two attached hydrogens (primary N) is 1. The van der Waals surface area contributed by atoms with Crippen molar-refractivity contribution in [3.8, 4) is 5.75 Å². The van der Waals surface area contributed by atoms with Crippen LogP contribution in [0.5, 0.6) is 5.75 Å². The van der Waals surface area contributed by atoms with Crippen molar-refractivity contribution < 1.29 is 123 Å². The van der Waals surface area contributed by atoms with E-state index in [9.17, 15) is 95.1 Å². The third-order valence-electron chi connectivity index (χ3n) is 21.1. The first-order valence-electron chi connectivity index (χ1n) is 44.0. The molecule has 0 aliphatic carbocycles. The summed E-state index contributed by atoms with van der Waals surface area (Å²) in [6.45, 7) is 3.77. The van der Waals surface area contributed by atoms with Crippen molar-refractivity contribution in [1.82, 2.24) is 62.6 Å². The van der Waals surface area contributed by atoms with Gasteiger partial charge in [-0.05, 0) is 85.8 Å². The number of ether oxygens (including phenoxy) is 4. The number of likely N-dealkylation sites (N-methyl/N-ethyl adjacent to an activating group) is 1. The minimum Gasteiger partial charge on any atom is -0.481 e. The van der Waals surface area contributed by atoms with Gasteiger partial charge in [-0.25, -0.2) is 4.79 Å². The molecule has 5 rings (SSSR count). The van der Waals surface area contributed by atoms with Gasteiger partial charge in [-0.15, -0.1) is 0 Å². The van der Waals surface area contributed by atoms with E-state index in [1.165, 1.54) is 54.7 Å². The number of amides is 12. The smallest absolute Gasteiger partial charge is 0.446 e. The molecule has 0 bridgehead atoms. The van der Waals surface area contributed by atoms with E-state index in [2.05, 4.69) is 57.0 Å². The lowest BCUT2D eigenvalue weighted by atomic mass is 10.0. The van der Waals surface area contributed by atoms with Crippen LogP contribution in [0.15, 0.2) is 85.1 Å². The van der Waals surface area contributed by atoms with Crippen LogP contribution in [0.1, 0.15) is 198 Å². The van der Waals surface area contributed by atoms with Gasteiger partial charge in [0.25, 0.3) is 0 Å². The standard InChI is InChI=1S/C88H131N13O26S/c1-5-6-30-66(86(116)101-43-26-32-72(101)87(117)100(4)73(81(89)111)52-60-27-20-19-21-28-60)97-84(114)70(53-62-55-92-65-31-25-24-29-64(62)65)95-76(104)56-93-82(112)68(50-59(2)3)98-83(113)69(51-61-35-37-63(38-36-61)127-128(120,121)122)99-85(115)71(54-80(109)110)96-78(106)58-126-49-47-124-45-42-91-77(105)57-125-48-46-123-44-41-90-74(102)40-39-67(88(118)119)94-75(103)33-22-17-15-13-11-9-7-8-10-12-14-16-18-23-34-79(107)108/h19-21,24-25,27-29,31,35-38,55,59,66-73,92H,5-18,22-23,26,30,32-34,39-54,56-58H2,1-4H3,(H2,89,111)(H,90,102)(H,91,105)(H,93,112)(H,94,103)(H,95,104)(H,96,106)(H,97,114)(H,98,113)(H,99,115)(H,107,108)(H,109,110)(H,118,119)(H,120,121,122)/t66-,67-,68-,69-,70-,71-,72+,73-/m0/s1. The highest BCUT2D eigenvalue weighted by atomic mass is 32.3. The Bertz CT molecular complexity index is 4310. The van der Waals surface area contributed by atoms with Crippen molar-refractivity contribution in [2.75, 3.05) is 86.1 Å². The molecule has 1 saturated heterocycles. The minimum absolute atomic E-state index is 0.00169. The van der Waals surface area contributed by atoms with Gasteiger partial charge in [-0.2, -0.15) is 8.42 Å². The van der Waals surface area contributed by atoms with Gasteiger partial charge in [0.2, 0.25) is 70.9 Å². The topological polar surface area (TPSA) is 574 Å². The Labute approximate surface area is 746 Å². The number of rotatable bonds is 68. The number of H-pyrrole nitrogens is 1. The highest BCUT2D eigenvalue weighted by Crippen LogP contribution is 2.26. The lowest BCUT2D eigenvalue weighted by Gasteiger charge is -2.34. The molecule has 8 atom stereocenters. The zero-order valence-electron chi connectivity index (χ0n) is 73.7. The number of aliphatic carboxylic acids is 3. The summed E-state index contributed by atoms with van der Waals surface area (Å²) >= 11 is 0. The van der Waals surface area contributed by atoms with Crippen LogP contribution in [0.25, 0.3) is 10.9 Å². The number of aromatic amines is 1. The second kappa shape index (κ2) is 59.8. The normalized spacial score (nSPS) is 14.2. The van der Waals surface area contributed by atoms with Gasteiger partial charge in [-0.1, -0.05) is 171 Å². The van der Waals surface area contributed by atoms with E-state index in [4.69, 9.17) is 29.8 Å². The summed E-state index contributed by atoms with van der Waals surface area (Å²) < 4.78 is 58.4. The number of hydrogen-bond donors (Lipinski definition) is 15. The second-order valence-electron chi connectivity index (χ2n) is 32.1. The summed E-state index contributed by atoms with van der Waals surface area (Å²) in [5.41, 5.74) is 8.13. The fraction of sp³-hybridized carbons (Fsp3) is 0.602. The molecule has 12 amide bonds. The van der Waals surface area contributed by atoms with Crippen LogP contribution in [-0.4, -0.2) is 266 Å². The van der Waals surface area contributed by atoms with E-state index in [-0.39, 0.29) is 147 Å². The van der Waals surface area contributed by atoms with E-state index < -0.39 is 168 Å². The molecule has 4 aromatic rings. The van der Waals surface area contributed by atoms with Gasteiger partial charge in [0, 0.05) is 82.3 Å². The van der Waals surface area contributed by atoms with Crippen molar-refractivity contribution in [3.05, 3.63) is 102 Å². The largest absolute Gasteiger partial charge is 0.481 e. The number of likely N-dealkylation sites (tertiary alicyclic amines) is 1. The lowest BCUT2D eigenvalue weighted by molar-refractivity contribution is -0.147. The van der Waals surface area contributed by atoms with Crippen molar-refractivity contribution in [2.45, 2.75) is 249 Å². The number of carbonyl (C=O) groups is 15. The molecule has 1 aromatic heterocycles. The Morgan fingerprint density at radius 1 is 0.516 bits per heavy atom. The summed E-state index contributed by atoms with van der Waals surface area (Å²) in [6, 6.07) is 10.1. The molecule has 2 heterocycles. The molecule has 128 heavy (non-hydrogen) atoms. The number of carboxylic acid groups (broad SMARTS) is 3. The Morgan fingerprint density at radius 2 is 1.04 bits per heavy atom. The molecule has 40 heteroatoms. The van der Waals surface area contributed by atoms with Crippen LogP contribution in [-0.2, 0) is 121 Å². The molecule has 0 spiro atoms. The summed E-state index contributed by atoms with van der Waals surface area (Å²) in [5.74, 6) is -13.1. The lowest BCUT2D eigenvalue weighted by Crippen LogP contribution is -2.59. The van der Waals surface area contributed by atoms with Crippen LogP contribution >= 0.6 is 0 Å². The summed E-state index contributed by atoms with van der Waals surface area (Å²) in [7, 11) is -3.52. The Hall–Kier alpha value is -11.2. The Kier molecular flexibility index (Phi) is 50.1. The zero-order valence-corrected chi connectivity index (χ0v) is 74.5. The van der Waals surface area contributed by atoms with Gasteiger partial charge >= 0.3 is 28.3 Å². The number of benzene rings is 3. The van der Waals surface area contributed by atoms with Crippen molar-refractivity contribution in [3.63, 3.8) is 0 Å². The average Bonchev–Trinajstić information content (AvgIpc) is 1.60. The number of carboxylic acids is 3. The maximum absolute atomic E-state index is 14.8. The molecule has 0 unspecified atom stereocenters. The van der Waals surface area contributed by atoms with Crippen molar-refractivity contribution in [1.29, 1.82) is 0 Å². The van der Waals surface area contributed by atoms with Gasteiger partial charge in [0.05, 0.1) is 52.6 Å². The summed E-state index contributed by atoms with van der Waals surface area (Å²) in [5, 5.41) is 52.1. The third kappa shape index (κ3) is 43.5. The van der Waals surface area contributed by atoms with Crippen LogP contribution in [0, 0.1) is 5.92 Å². The van der Waals surface area contributed by atoms with Crippen LogP contribution in [0.4, 0.5) is 0 Å². The minimum atomic E-state index is -4.98. The molecule has 0 saturated carbocycles. The molecule has 1 aliphatic heterocycles. The van der Waals surface area contributed by atoms with E-state index in [1.807, 2.05) is 19.1 Å². The predicted octanol–water partition coefficient (Wildman–Crippen LogP) is 3.91. The zero-order chi connectivity index (χ0) is 93.8. The fourth-order valence-electron chi connectivity index (χ4n) is 14.4. The summed E-state index contributed by atoms with van der Waals surface area (Å²) in [6.07, 6.45) is 16.7. The molecule has 39 nitrogen and oxygen atoms in total. The number of para-hydroxylation sites is 1. The number of carbonyl (C=O) groups excluding carboxylic acids is 12. The van der Waals surface area contributed by atoms with E-state index in [1.54, 1.807) is 62.5 Å². The molecule has 1 fully saturated rings. The molecule has 0 radical (unpaired) electrons. The van der Waals surface area contributed by atoms with Crippen molar-refractivity contribution >= 4 is 110 Å². The highest BCUT2D eigenvalue weighted by molar-refractivity contribution is 7.81. The Morgan fingerprint density at radius 3 is 1.62 bits per heavy atom. The van der Waals surface area contributed by atoms with E-state index >= 15 is 0 Å². The third-order valence-corrected chi connectivity index (χ3v) is 21.5. The number of nitrogens with one attached hydrogen (secondary N) is 10. The maximum Gasteiger partial charge on any atom is 0.446 e.